The van der Waals surface area contributed by atoms with Gasteiger partial charge >= 0.3 is 0 Å². The summed E-state index contributed by atoms with van der Waals surface area (Å²) in [5, 5.41) is 11.2. The van der Waals surface area contributed by atoms with E-state index in [0.29, 0.717) is 19.6 Å². The third-order valence-corrected chi connectivity index (χ3v) is 5.82. The number of piperazine rings is 1. The minimum absolute atomic E-state index is 0.0733. The van der Waals surface area contributed by atoms with E-state index in [2.05, 4.69) is 27.0 Å². The molecule has 1 aliphatic rings. The van der Waals surface area contributed by atoms with Crippen LogP contribution in [0.1, 0.15) is 17.3 Å². The summed E-state index contributed by atoms with van der Waals surface area (Å²) in [7, 11) is 0. The highest BCUT2D eigenvalue weighted by atomic mass is 16.2. The van der Waals surface area contributed by atoms with Gasteiger partial charge in [0.05, 0.1) is 0 Å². The van der Waals surface area contributed by atoms with Crippen LogP contribution in [-0.2, 0) is 0 Å². The number of rotatable bonds is 3. The van der Waals surface area contributed by atoms with Gasteiger partial charge in [-0.3, -0.25) is 9.78 Å². The van der Waals surface area contributed by atoms with E-state index in [0.717, 1.165) is 33.4 Å². The van der Waals surface area contributed by atoms with E-state index in [1.807, 2.05) is 77.8 Å². The molecule has 0 unspecified atom stereocenters. The number of aromatic nitrogens is 3. The van der Waals surface area contributed by atoms with Gasteiger partial charge in [0, 0.05) is 60.0 Å². The first-order chi connectivity index (χ1) is 15.2. The van der Waals surface area contributed by atoms with Crippen LogP contribution in [0.25, 0.3) is 22.0 Å². The van der Waals surface area contributed by atoms with Crippen LogP contribution in [0, 0.1) is 0 Å². The summed E-state index contributed by atoms with van der Waals surface area (Å²) in [4.78, 5) is 21.4. The van der Waals surface area contributed by atoms with Crippen LogP contribution < -0.4 is 4.90 Å². The smallest absolute Gasteiger partial charge is 0.253 e. The molecule has 1 atom stereocenters. The fraction of sp³-hybridized carbons (Fsp3) is 0.200. The van der Waals surface area contributed by atoms with Crippen LogP contribution in [0.2, 0.25) is 0 Å². The van der Waals surface area contributed by atoms with Gasteiger partial charge in [-0.25, -0.2) is 0 Å². The molecule has 6 nitrogen and oxygen atoms in total. The predicted octanol–water partition coefficient (Wildman–Crippen LogP) is 4.04. The summed E-state index contributed by atoms with van der Waals surface area (Å²) in [6.45, 7) is 4.10. The summed E-state index contributed by atoms with van der Waals surface area (Å²) in [6, 6.07) is 21.6. The van der Waals surface area contributed by atoms with Gasteiger partial charge in [0.1, 0.15) is 5.69 Å². The number of hydrogen-bond acceptors (Lipinski definition) is 5. The molecule has 0 spiro atoms. The summed E-state index contributed by atoms with van der Waals surface area (Å²) in [5.41, 5.74) is 2.61. The Kier molecular flexibility index (Phi) is 5.04. The molecule has 1 amide bonds. The number of hydrogen-bond donors (Lipinski definition) is 0. The maximum absolute atomic E-state index is 12.9. The number of carbonyl (C=O) groups excluding carboxylic acids is 1. The number of fused-ring (bicyclic) bond motifs is 1. The molecule has 0 N–H and O–H groups in total. The summed E-state index contributed by atoms with van der Waals surface area (Å²) in [6.07, 6.45) is 3.65. The summed E-state index contributed by atoms with van der Waals surface area (Å²) < 4.78 is 0. The van der Waals surface area contributed by atoms with Crippen LogP contribution in [0.4, 0.5) is 5.82 Å². The Bertz CT molecular complexity index is 1210. The Hall–Kier alpha value is -3.80. The third kappa shape index (κ3) is 3.61. The molecule has 4 aromatic rings. The maximum atomic E-state index is 12.9. The quantitative estimate of drug-likeness (QED) is 0.511. The van der Waals surface area contributed by atoms with Gasteiger partial charge in [0.15, 0.2) is 5.82 Å². The van der Waals surface area contributed by atoms with Gasteiger partial charge in [-0.05, 0) is 25.1 Å². The van der Waals surface area contributed by atoms with Crippen molar-refractivity contribution in [2.45, 2.75) is 13.0 Å². The minimum atomic E-state index is 0.0733. The second-order valence-corrected chi connectivity index (χ2v) is 7.82. The second kappa shape index (κ2) is 8.14. The second-order valence-electron chi connectivity index (χ2n) is 7.82. The molecule has 1 saturated heterocycles. The molecular formula is C25H23N5O. The average molecular weight is 409 g/mol. The van der Waals surface area contributed by atoms with Gasteiger partial charge in [-0.2, -0.15) is 0 Å². The van der Waals surface area contributed by atoms with E-state index in [-0.39, 0.29) is 11.9 Å². The normalized spacial score (nSPS) is 16.5. The highest BCUT2D eigenvalue weighted by Gasteiger charge is 2.29. The van der Waals surface area contributed by atoms with E-state index in [4.69, 9.17) is 0 Å². The third-order valence-electron chi connectivity index (χ3n) is 5.82. The lowest BCUT2D eigenvalue weighted by molar-refractivity contribution is 0.0726. The van der Waals surface area contributed by atoms with E-state index < -0.39 is 0 Å². The summed E-state index contributed by atoms with van der Waals surface area (Å²) in [5.74, 6) is 0.895. The van der Waals surface area contributed by atoms with E-state index in [1.165, 1.54) is 0 Å². The molecule has 1 aliphatic heterocycles. The van der Waals surface area contributed by atoms with Crippen molar-refractivity contribution >= 4 is 22.5 Å². The van der Waals surface area contributed by atoms with Crippen molar-refractivity contribution in [3.8, 4) is 11.3 Å². The molecular weight excluding hydrogens is 386 g/mol. The fourth-order valence-electron chi connectivity index (χ4n) is 4.23. The van der Waals surface area contributed by atoms with Crippen molar-refractivity contribution < 1.29 is 4.79 Å². The molecule has 2 aromatic carbocycles. The average Bonchev–Trinajstić information content (AvgIpc) is 2.84. The highest BCUT2D eigenvalue weighted by Crippen LogP contribution is 2.32. The fourth-order valence-corrected chi connectivity index (χ4v) is 4.23. The number of nitrogens with zero attached hydrogens (tertiary/aromatic N) is 5. The molecule has 2 aromatic heterocycles. The molecule has 3 heterocycles. The van der Waals surface area contributed by atoms with Crippen LogP contribution in [0.15, 0.2) is 79.1 Å². The van der Waals surface area contributed by atoms with Gasteiger partial charge in [-0.1, -0.05) is 48.5 Å². The SMILES string of the molecule is C[C@H]1CN(C(=O)c2ccccc2)CCN1c1nnc(-c2ccccc2)c2ccncc12. The molecule has 154 valence electrons. The number of benzene rings is 2. The van der Waals surface area contributed by atoms with Crippen LogP contribution in [0.5, 0.6) is 0 Å². The molecule has 0 bridgehead atoms. The van der Waals surface area contributed by atoms with Crippen molar-refractivity contribution in [1.29, 1.82) is 0 Å². The minimum Gasteiger partial charge on any atom is -0.348 e. The van der Waals surface area contributed by atoms with E-state index in [1.54, 1.807) is 6.20 Å². The Morgan fingerprint density at radius 2 is 1.65 bits per heavy atom. The van der Waals surface area contributed by atoms with Crippen molar-refractivity contribution in [2.24, 2.45) is 0 Å². The lowest BCUT2D eigenvalue weighted by Gasteiger charge is -2.40. The van der Waals surface area contributed by atoms with Crippen LogP contribution in [-0.4, -0.2) is 51.7 Å². The zero-order valence-corrected chi connectivity index (χ0v) is 17.3. The molecule has 1 fully saturated rings. The highest BCUT2D eigenvalue weighted by molar-refractivity contribution is 6.00. The van der Waals surface area contributed by atoms with E-state index >= 15 is 0 Å². The topological polar surface area (TPSA) is 62.2 Å². The zero-order valence-electron chi connectivity index (χ0n) is 17.3. The van der Waals surface area contributed by atoms with E-state index in [9.17, 15) is 4.79 Å². The monoisotopic (exact) mass is 409 g/mol. The molecule has 0 aliphatic carbocycles. The number of pyridine rings is 1. The van der Waals surface area contributed by atoms with Gasteiger partial charge in [0.25, 0.3) is 5.91 Å². The summed E-state index contributed by atoms with van der Waals surface area (Å²) >= 11 is 0. The maximum Gasteiger partial charge on any atom is 0.253 e. The first-order valence-corrected chi connectivity index (χ1v) is 10.5. The van der Waals surface area contributed by atoms with Crippen LogP contribution in [0.3, 0.4) is 0 Å². The number of carbonyl (C=O) groups is 1. The molecule has 31 heavy (non-hydrogen) atoms. The van der Waals surface area contributed by atoms with Crippen molar-refractivity contribution in [2.75, 3.05) is 24.5 Å². The predicted molar refractivity (Wildman–Crippen MR) is 122 cm³/mol. The Balaban J connectivity index is 1.45. The first kappa shape index (κ1) is 19.2. The standard InChI is InChI=1S/C25H23N5O/c1-18-17-29(25(31)20-10-6-3-7-11-20)14-15-30(18)24-22-16-26-13-12-21(22)23(27-28-24)19-8-4-2-5-9-19/h2-13,16,18H,14-15,17H2,1H3/t18-/m0/s1. The Morgan fingerprint density at radius 3 is 2.39 bits per heavy atom. The molecule has 0 radical (unpaired) electrons. The molecule has 0 saturated carbocycles. The largest absolute Gasteiger partial charge is 0.348 e. The van der Waals surface area contributed by atoms with Crippen molar-refractivity contribution in [3.05, 3.63) is 84.7 Å². The van der Waals surface area contributed by atoms with Crippen molar-refractivity contribution in [1.82, 2.24) is 20.1 Å². The Morgan fingerprint density at radius 1 is 0.903 bits per heavy atom. The number of anilines is 1. The first-order valence-electron chi connectivity index (χ1n) is 10.5. The van der Waals surface area contributed by atoms with Crippen LogP contribution >= 0.6 is 0 Å². The van der Waals surface area contributed by atoms with Gasteiger partial charge in [-0.15, -0.1) is 10.2 Å². The number of amides is 1. The van der Waals surface area contributed by atoms with Crippen molar-refractivity contribution in [3.63, 3.8) is 0 Å². The van der Waals surface area contributed by atoms with Gasteiger partial charge < -0.3 is 9.80 Å². The molecule has 6 heteroatoms. The zero-order chi connectivity index (χ0) is 21.2. The molecule has 5 rings (SSSR count). The lowest BCUT2D eigenvalue weighted by Crippen LogP contribution is -2.54. The van der Waals surface area contributed by atoms with Gasteiger partial charge in [0.2, 0.25) is 0 Å². The lowest BCUT2D eigenvalue weighted by atomic mass is 10.1. The Labute approximate surface area is 181 Å².